The number of aryl methyl sites for hydroxylation is 1. The molecule has 0 spiro atoms. The van der Waals surface area contributed by atoms with Gasteiger partial charge in [0, 0.05) is 19.0 Å². The zero-order valence-corrected chi connectivity index (χ0v) is 14.3. The molecule has 25 heavy (non-hydrogen) atoms. The first kappa shape index (κ1) is 16.9. The molecule has 0 bridgehead atoms. The third kappa shape index (κ3) is 4.76. The van der Waals surface area contributed by atoms with Gasteiger partial charge in [-0.15, -0.1) is 10.2 Å². The Kier molecular flexibility index (Phi) is 5.57. The van der Waals surface area contributed by atoms with Gasteiger partial charge >= 0.3 is 0 Å². The summed E-state index contributed by atoms with van der Waals surface area (Å²) in [6.07, 6.45) is 2.23. The molecule has 128 valence electrons. The van der Waals surface area contributed by atoms with Crippen molar-refractivity contribution in [1.29, 1.82) is 0 Å². The van der Waals surface area contributed by atoms with Crippen LogP contribution in [0.3, 0.4) is 0 Å². The second-order valence-electron chi connectivity index (χ2n) is 5.96. The van der Waals surface area contributed by atoms with Gasteiger partial charge in [-0.05, 0) is 30.5 Å². The SMILES string of the molecule is CN(Cc1nnc(-c2ccccc2)o1)C(=O)CCCc1ccccc1. The van der Waals surface area contributed by atoms with Crippen LogP contribution in [0.5, 0.6) is 0 Å². The zero-order chi connectivity index (χ0) is 17.5. The van der Waals surface area contributed by atoms with Crippen LogP contribution >= 0.6 is 0 Å². The van der Waals surface area contributed by atoms with E-state index < -0.39 is 0 Å². The molecule has 0 aliphatic rings. The molecule has 0 N–H and O–H groups in total. The number of hydrogen-bond acceptors (Lipinski definition) is 4. The summed E-state index contributed by atoms with van der Waals surface area (Å²) in [4.78, 5) is 13.9. The average Bonchev–Trinajstić information content (AvgIpc) is 3.12. The van der Waals surface area contributed by atoms with Crippen molar-refractivity contribution < 1.29 is 9.21 Å². The Hall–Kier alpha value is -2.95. The summed E-state index contributed by atoms with van der Waals surface area (Å²) in [7, 11) is 1.76. The van der Waals surface area contributed by atoms with Crippen molar-refractivity contribution in [3.05, 3.63) is 72.1 Å². The highest BCUT2D eigenvalue weighted by molar-refractivity contribution is 5.75. The van der Waals surface area contributed by atoms with Crippen LogP contribution < -0.4 is 0 Å². The molecule has 1 heterocycles. The highest BCUT2D eigenvalue weighted by atomic mass is 16.4. The first-order valence-electron chi connectivity index (χ1n) is 8.38. The molecule has 5 heteroatoms. The third-order valence-electron chi connectivity index (χ3n) is 3.98. The number of rotatable bonds is 7. The van der Waals surface area contributed by atoms with Crippen LogP contribution in [0.2, 0.25) is 0 Å². The Morgan fingerprint density at radius 2 is 1.68 bits per heavy atom. The second kappa shape index (κ2) is 8.24. The smallest absolute Gasteiger partial charge is 0.247 e. The average molecular weight is 335 g/mol. The van der Waals surface area contributed by atoms with E-state index in [9.17, 15) is 4.79 Å². The quantitative estimate of drug-likeness (QED) is 0.660. The summed E-state index contributed by atoms with van der Waals surface area (Å²) in [5.41, 5.74) is 2.13. The van der Waals surface area contributed by atoms with Gasteiger partial charge in [0.25, 0.3) is 0 Å². The van der Waals surface area contributed by atoms with Gasteiger partial charge < -0.3 is 9.32 Å². The lowest BCUT2D eigenvalue weighted by Crippen LogP contribution is -2.26. The molecule has 0 aliphatic carbocycles. The molecular formula is C20H21N3O2. The van der Waals surface area contributed by atoms with E-state index in [2.05, 4.69) is 22.3 Å². The minimum absolute atomic E-state index is 0.0791. The van der Waals surface area contributed by atoms with Gasteiger partial charge in [0.1, 0.15) is 0 Å². The minimum atomic E-state index is 0.0791. The largest absolute Gasteiger partial charge is 0.419 e. The number of aromatic nitrogens is 2. The maximum absolute atomic E-state index is 12.3. The van der Waals surface area contributed by atoms with Gasteiger partial charge in [-0.3, -0.25) is 4.79 Å². The number of hydrogen-bond donors (Lipinski definition) is 0. The Bertz CT molecular complexity index is 800. The molecule has 3 rings (SSSR count). The predicted molar refractivity (Wildman–Crippen MR) is 95.6 cm³/mol. The van der Waals surface area contributed by atoms with Gasteiger partial charge in [-0.25, -0.2) is 0 Å². The van der Waals surface area contributed by atoms with Gasteiger partial charge in [0.2, 0.25) is 17.7 Å². The van der Waals surface area contributed by atoms with Crippen molar-refractivity contribution in [1.82, 2.24) is 15.1 Å². The van der Waals surface area contributed by atoms with E-state index in [1.165, 1.54) is 5.56 Å². The van der Waals surface area contributed by atoms with E-state index in [-0.39, 0.29) is 5.91 Å². The van der Waals surface area contributed by atoms with Crippen LogP contribution in [-0.4, -0.2) is 28.1 Å². The zero-order valence-electron chi connectivity index (χ0n) is 14.3. The molecule has 0 atom stereocenters. The van der Waals surface area contributed by atoms with Crippen molar-refractivity contribution in [3.63, 3.8) is 0 Å². The fraction of sp³-hybridized carbons (Fsp3) is 0.250. The summed E-state index contributed by atoms with van der Waals surface area (Å²) in [5, 5.41) is 8.08. The molecule has 5 nitrogen and oxygen atoms in total. The van der Waals surface area contributed by atoms with Crippen LogP contribution in [0.1, 0.15) is 24.3 Å². The molecule has 1 amide bonds. The van der Waals surface area contributed by atoms with Gasteiger partial charge in [0.15, 0.2) is 0 Å². The van der Waals surface area contributed by atoms with E-state index in [0.29, 0.717) is 24.7 Å². The monoisotopic (exact) mass is 335 g/mol. The van der Waals surface area contributed by atoms with Gasteiger partial charge in [-0.2, -0.15) is 0 Å². The van der Waals surface area contributed by atoms with E-state index in [1.807, 2.05) is 48.5 Å². The van der Waals surface area contributed by atoms with Crippen LogP contribution in [0.15, 0.2) is 65.1 Å². The maximum Gasteiger partial charge on any atom is 0.247 e. The first-order valence-corrected chi connectivity index (χ1v) is 8.38. The van der Waals surface area contributed by atoms with Gasteiger partial charge in [0.05, 0.1) is 6.54 Å². The molecule has 0 fully saturated rings. The topological polar surface area (TPSA) is 59.2 Å². The third-order valence-corrected chi connectivity index (χ3v) is 3.98. The molecule has 0 unspecified atom stereocenters. The highest BCUT2D eigenvalue weighted by Gasteiger charge is 2.14. The van der Waals surface area contributed by atoms with Crippen molar-refractivity contribution in [2.75, 3.05) is 7.05 Å². The van der Waals surface area contributed by atoms with Crippen molar-refractivity contribution in [2.45, 2.75) is 25.8 Å². The van der Waals surface area contributed by atoms with Crippen molar-refractivity contribution in [3.8, 4) is 11.5 Å². The van der Waals surface area contributed by atoms with E-state index in [0.717, 1.165) is 18.4 Å². The summed E-state index contributed by atoms with van der Waals surface area (Å²) in [6.45, 7) is 0.323. The highest BCUT2D eigenvalue weighted by Crippen LogP contribution is 2.17. The summed E-state index contributed by atoms with van der Waals surface area (Å²) in [5.74, 6) is 0.994. The lowest BCUT2D eigenvalue weighted by Gasteiger charge is -2.14. The molecule has 0 aliphatic heterocycles. The summed E-state index contributed by atoms with van der Waals surface area (Å²) >= 11 is 0. The Morgan fingerprint density at radius 3 is 2.40 bits per heavy atom. The number of carbonyl (C=O) groups excluding carboxylic acids is 1. The van der Waals surface area contributed by atoms with Gasteiger partial charge in [-0.1, -0.05) is 48.5 Å². The molecule has 0 radical (unpaired) electrons. The number of carbonyl (C=O) groups is 1. The molecular weight excluding hydrogens is 314 g/mol. The normalized spacial score (nSPS) is 10.6. The standard InChI is InChI=1S/C20H21N3O2/c1-23(19(24)14-8-11-16-9-4-2-5-10-16)15-18-21-22-20(25-18)17-12-6-3-7-13-17/h2-7,9-10,12-13H,8,11,14-15H2,1H3. The summed E-state index contributed by atoms with van der Waals surface area (Å²) < 4.78 is 5.65. The van der Waals surface area contributed by atoms with Crippen LogP contribution in [0.4, 0.5) is 0 Å². The van der Waals surface area contributed by atoms with Crippen molar-refractivity contribution in [2.24, 2.45) is 0 Å². The van der Waals surface area contributed by atoms with Crippen LogP contribution in [-0.2, 0) is 17.8 Å². The maximum atomic E-state index is 12.3. The van der Waals surface area contributed by atoms with Crippen molar-refractivity contribution >= 4 is 5.91 Å². The Morgan fingerprint density at radius 1 is 1.00 bits per heavy atom. The second-order valence-corrected chi connectivity index (χ2v) is 5.96. The van der Waals surface area contributed by atoms with Crippen LogP contribution in [0.25, 0.3) is 11.5 Å². The van der Waals surface area contributed by atoms with Crippen LogP contribution in [0, 0.1) is 0 Å². The van der Waals surface area contributed by atoms with E-state index >= 15 is 0 Å². The number of amides is 1. The fourth-order valence-electron chi connectivity index (χ4n) is 2.59. The lowest BCUT2D eigenvalue weighted by molar-refractivity contribution is -0.130. The number of benzene rings is 2. The molecule has 0 saturated heterocycles. The predicted octanol–water partition coefficient (Wildman–Crippen LogP) is 3.72. The minimum Gasteiger partial charge on any atom is -0.419 e. The Balaban J connectivity index is 1.49. The van der Waals surface area contributed by atoms with E-state index in [4.69, 9.17) is 4.42 Å². The first-order chi connectivity index (χ1) is 12.2. The summed E-state index contributed by atoms with van der Waals surface area (Å²) in [6, 6.07) is 19.8. The molecule has 1 aromatic heterocycles. The molecule has 3 aromatic rings. The lowest BCUT2D eigenvalue weighted by atomic mass is 10.1. The fourth-order valence-corrected chi connectivity index (χ4v) is 2.59. The molecule has 2 aromatic carbocycles. The number of nitrogens with zero attached hydrogens (tertiary/aromatic N) is 3. The Labute approximate surface area is 147 Å². The van der Waals surface area contributed by atoms with E-state index in [1.54, 1.807) is 11.9 Å². The molecule has 0 saturated carbocycles.